The maximum absolute atomic E-state index is 12.5. The van der Waals surface area contributed by atoms with Crippen LogP contribution in [-0.2, 0) is 0 Å². The number of carbonyl (C=O) groups is 2. The van der Waals surface area contributed by atoms with E-state index < -0.39 is 33.1 Å². The van der Waals surface area contributed by atoms with E-state index in [1.165, 1.54) is 12.1 Å². The molecule has 2 rings (SSSR count). The van der Waals surface area contributed by atoms with Crippen LogP contribution in [0.25, 0.3) is 0 Å². The van der Waals surface area contributed by atoms with E-state index in [9.17, 15) is 29.8 Å². The maximum Gasteiger partial charge on any atom is 0.335 e. The van der Waals surface area contributed by atoms with E-state index in [0.717, 1.165) is 24.3 Å². The first-order valence-electron chi connectivity index (χ1n) is 7.98. The van der Waals surface area contributed by atoms with E-state index in [4.69, 9.17) is 9.84 Å². The van der Waals surface area contributed by atoms with Gasteiger partial charge in [-0.1, -0.05) is 6.92 Å². The van der Waals surface area contributed by atoms with Gasteiger partial charge in [-0.15, -0.1) is 0 Å². The zero-order valence-electron chi connectivity index (χ0n) is 14.6. The van der Waals surface area contributed by atoms with Crippen LogP contribution in [0.15, 0.2) is 36.4 Å². The molecule has 11 nitrogen and oxygen atoms in total. The normalized spacial score (nSPS) is 10.2. The Hall–Kier alpha value is -4.02. The van der Waals surface area contributed by atoms with Crippen molar-refractivity contribution in [2.75, 3.05) is 11.9 Å². The Labute approximate surface area is 157 Å². The summed E-state index contributed by atoms with van der Waals surface area (Å²) in [5.41, 5.74) is -1.68. The predicted molar refractivity (Wildman–Crippen MR) is 96.9 cm³/mol. The van der Waals surface area contributed by atoms with Gasteiger partial charge in [0, 0.05) is 12.1 Å². The van der Waals surface area contributed by atoms with Crippen molar-refractivity contribution < 1.29 is 29.3 Å². The minimum atomic E-state index is -1.23. The highest BCUT2D eigenvalue weighted by molar-refractivity contribution is 6.06. The molecule has 0 atom stereocenters. The lowest BCUT2D eigenvalue weighted by molar-refractivity contribution is -0.394. The first kappa shape index (κ1) is 20.3. The van der Waals surface area contributed by atoms with E-state index in [0.29, 0.717) is 13.0 Å². The number of rotatable bonds is 8. The molecule has 0 fully saturated rings. The summed E-state index contributed by atoms with van der Waals surface area (Å²) in [6.07, 6.45) is 0.658. The second-order valence-electron chi connectivity index (χ2n) is 5.57. The van der Waals surface area contributed by atoms with Gasteiger partial charge in [-0.05, 0) is 24.6 Å². The van der Waals surface area contributed by atoms with Crippen molar-refractivity contribution in [1.82, 2.24) is 0 Å². The van der Waals surface area contributed by atoms with Crippen LogP contribution in [0.3, 0.4) is 0 Å². The van der Waals surface area contributed by atoms with Crippen LogP contribution in [0.2, 0.25) is 0 Å². The Bertz CT molecular complexity index is 925. The standard InChI is InChI=1S/C17H15N3O8/c1-2-5-28-15-4-3-10(17(22)23)8-14(15)18-16(21)11-6-12(19(24)25)9-13(7-11)20(26)27/h3-4,6-9H,2,5H2,1H3,(H,18,21)(H,22,23). The Morgan fingerprint density at radius 3 is 2.14 bits per heavy atom. The summed E-state index contributed by atoms with van der Waals surface area (Å²) in [7, 11) is 0. The van der Waals surface area contributed by atoms with Gasteiger partial charge in [0.25, 0.3) is 17.3 Å². The lowest BCUT2D eigenvalue weighted by atomic mass is 10.1. The molecule has 0 aliphatic carbocycles. The summed E-state index contributed by atoms with van der Waals surface area (Å²) in [6, 6.07) is 6.33. The molecule has 2 aromatic rings. The van der Waals surface area contributed by atoms with E-state index >= 15 is 0 Å². The first-order valence-corrected chi connectivity index (χ1v) is 7.98. The topological polar surface area (TPSA) is 162 Å². The molecule has 0 spiro atoms. The van der Waals surface area contributed by atoms with Gasteiger partial charge in [-0.2, -0.15) is 0 Å². The zero-order chi connectivity index (χ0) is 20.8. The third-order valence-electron chi connectivity index (χ3n) is 3.52. The number of hydrogen-bond donors (Lipinski definition) is 2. The second kappa shape index (κ2) is 8.58. The number of ether oxygens (including phenoxy) is 1. The fourth-order valence-electron chi connectivity index (χ4n) is 2.23. The molecular formula is C17H15N3O8. The van der Waals surface area contributed by atoms with E-state index in [2.05, 4.69) is 5.32 Å². The SMILES string of the molecule is CCCOc1ccc(C(=O)O)cc1NC(=O)c1cc([N+](=O)[O-])cc([N+](=O)[O-])c1. The van der Waals surface area contributed by atoms with Crippen LogP contribution < -0.4 is 10.1 Å². The van der Waals surface area contributed by atoms with Crippen molar-refractivity contribution in [3.05, 3.63) is 67.8 Å². The molecular weight excluding hydrogens is 374 g/mol. The Morgan fingerprint density at radius 2 is 1.64 bits per heavy atom. The van der Waals surface area contributed by atoms with Gasteiger partial charge in [0.05, 0.1) is 39.3 Å². The zero-order valence-corrected chi connectivity index (χ0v) is 14.6. The fourth-order valence-corrected chi connectivity index (χ4v) is 2.23. The molecule has 0 heterocycles. The van der Waals surface area contributed by atoms with E-state index in [1.807, 2.05) is 6.92 Å². The quantitative estimate of drug-likeness (QED) is 0.513. The monoisotopic (exact) mass is 389 g/mol. The van der Waals surface area contributed by atoms with Crippen LogP contribution in [0.1, 0.15) is 34.1 Å². The number of nitrogens with zero attached hydrogens (tertiary/aromatic N) is 2. The Morgan fingerprint density at radius 1 is 1.04 bits per heavy atom. The van der Waals surface area contributed by atoms with Crippen molar-refractivity contribution in [2.45, 2.75) is 13.3 Å². The molecule has 11 heteroatoms. The molecule has 0 radical (unpaired) electrons. The molecule has 0 aliphatic heterocycles. The van der Waals surface area contributed by atoms with Crippen LogP contribution in [-0.4, -0.2) is 33.4 Å². The third-order valence-corrected chi connectivity index (χ3v) is 3.52. The molecule has 28 heavy (non-hydrogen) atoms. The maximum atomic E-state index is 12.5. The van der Waals surface area contributed by atoms with Gasteiger partial charge in [0.1, 0.15) is 5.75 Å². The number of carboxylic acids is 1. The average molecular weight is 389 g/mol. The summed E-state index contributed by atoms with van der Waals surface area (Å²) in [4.78, 5) is 43.9. The van der Waals surface area contributed by atoms with Crippen molar-refractivity contribution in [1.29, 1.82) is 0 Å². The summed E-state index contributed by atoms with van der Waals surface area (Å²) in [5, 5.41) is 33.4. The van der Waals surface area contributed by atoms with Gasteiger partial charge in [-0.25, -0.2) is 4.79 Å². The molecule has 1 amide bonds. The van der Waals surface area contributed by atoms with Crippen molar-refractivity contribution in [3.63, 3.8) is 0 Å². The molecule has 2 N–H and O–H groups in total. The molecule has 0 saturated heterocycles. The van der Waals surface area contributed by atoms with Gasteiger partial charge < -0.3 is 15.2 Å². The lowest BCUT2D eigenvalue weighted by Crippen LogP contribution is -2.14. The van der Waals surface area contributed by atoms with Gasteiger partial charge in [-0.3, -0.25) is 25.0 Å². The molecule has 0 aliphatic rings. The minimum Gasteiger partial charge on any atom is -0.491 e. The first-order chi connectivity index (χ1) is 13.2. The number of nitrogens with one attached hydrogen (secondary N) is 1. The predicted octanol–water partition coefficient (Wildman–Crippen LogP) is 3.24. The number of anilines is 1. The van der Waals surface area contributed by atoms with E-state index in [-0.39, 0.29) is 22.6 Å². The van der Waals surface area contributed by atoms with Gasteiger partial charge in [0.15, 0.2) is 0 Å². The highest BCUT2D eigenvalue weighted by Gasteiger charge is 2.21. The number of carbonyl (C=O) groups excluding carboxylic acids is 1. The molecule has 0 bridgehead atoms. The molecule has 2 aromatic carbocycles. The van der Waals surface area contributed by atoms with Crippen molar-refractivity contribution in [3.8, 4) is 5.75 Å². The van der Waals surface area contributed by atoms with Crippen LogP contribution in [0.4, 0.5) is 17.1 Å². The number of nitro groups is 2. The number of hydrogen-bond acceptors (Lipinski definition) is 7. The summed E-state index contributed by atoms with van der Waals surface area (Å²) >= 11 is 0. The summed E-state index contributed by atoms with van der Waals surface area (Å²) < 4.78 is 5.46. The lowest BCUT2D eigenvalue weighted by Gasteiger charge is -2.13. The molecule has 0 unspecified atom stereocenters. The average Bonchev–Trinajstić information content (AvgIpc) is 2.66. The highest BCUT2D eigenvalue weighted by Crippen LogP contribution is 2.28. The highest BCUT2D eigenvalue weighted by atomic mass is 16.6. The number of aromatic carboxylic acids is 1. The van der Waals surface area contributed by atoms with Gasteiger partial charge >= 0.3 is 5.97 Å². The van der Waals surface area contributed by atoms with Crippen LogP contribution >= 0.6 is 0 Å². The number of carboxylic acid groups (broad SMARTS) is 1. The molecule has 0 aromatic heterocycles. The number of amides is 1. The van der Waals surface area contributed by atoms with Crippen LogP contribution in [0.5, 0.6) is 5.75 Å². The number of nitro benzene ring substituents is 2. The fraction of sp³-hybridized carbons (Fsp3) is 0.176. The Balaban J connectivity index is 2.43. The number of non-ortho nitro benzene ring substituents is 2. The smallest absolute Gasteiger partial charge is 0.335 e. The largest absolute Gasteiger partial charge is 0.491 e. The Kier molecular flexibility index (Phi) is 6.22. The summed E-state index contributed by atoms with van der Waals surface area (Å²) in [6.45, 7) is 2.16. The second-order valence-corrected chi connectivity index (χ2v) is 5.57. The minimum absolute atomic E-state index is 0.0208. The van der Waals surface area contributed by atoms with Crippen molar-refractivity contribution >= 4 is 28.9 Å². The van der Waals surface area contributed by atoms with Crippen LogP contribution in [0, 0.1) is 20.2 Å². The van der Waals surface area contributed by atoms with Gasteiger partial charge in [0.2, 0.25) is 0 Å². The third kappa shape index (κ3) is 4.78. The summed E-state index contributed by atoms with van der Waals surface area (Å²) in [5.74, 6) is -1.93. The van der Waals surface area contributed by atoms with Crippen molar-refractivity contribution in [2.24, 2.45) is 0 Å². The number of benzene rings is 2. The van der Waals surface area contributed by atoms with E-state index in [1.54, 1.807) is 0 Å². The molecule has 0 saturated carbocycles. The molecule has 146 valence electrons.